The van der Waals surface area contributed by atoms with E-state index in [1.807, 2.05) is 83.8 Å². The van der Waals surface area contributed by atoms with Crippen molar-refractivity contribution in [1.29, 1.82) is 0 Å². The van der Waals surface area contributed by atoms with E-state index >= 15 is 0 Å². The Kier molecular flexibility index (Phi) is 18.5. The number of ether oxygens (including phenoxy) is 1. The zero-order valence-corrected chi connectivity index (χ0v) is 36.5. The number of amides is 3. The predicted octanol–water partition coefficient (Wildman–Crippen LogP) is 8.40. The summed E-state index contributed by atoms with van der Waals surface area (Å²) in [5, 5.41) is 10.3. The number of benzene rings is 4. The molecule has 8 rings (SSSR count). The van der Waals surface area contributed by atoms with Crippen LogP contribution in [0, 0.1) is 0 Å². The Hall–Kier alpha value is -6.17. The number of aromatic nitrogens is 5. The van der Waals surface area contributed by atoms with Crippen LogP contribution in [-0.2, 0) is 36.9 Å². The van der Waals surface area contributed by atoms with Crippen LogP contribution < -0.4 is 5.32 Å². The minimum absolute atomic E-state index is 0. The quantitative estimate of drug-likeness (QED) is 0.0419. The van der Waals surface area contributed by atoms with Crippen LogP contribution in [0.2, 0.25) is 0 Å². The number of nitrogens with one attached hydrogen (secondary N) is 3. The fourth-order valence-corrected chi connectivity index (χ4v) is 8.17. The second kappa shape index (κ2) is 23.5. The molecule has 0 aliphatic carbocycles. The van der Waals surface area contributed by atoms with Crippen LogP contribution in [0.25, 0.3) is 22.4 Å². The minimum atomic E-state index is -0.893. The van der Waals surface area contributed by atoms with Gasteiger partial charge in [-0.3, -0.25) is 14.7 Å². The molecule has 17 heteroatoms. The summed E-state index contributed by atoms with van der Waals surface area (Å²) >= 11 is 0. The van der Waals surface area contributed by atoms with Crippen LogP contribution in [0.5, 0.6) is 0 Å². The van der Waals surface area contributed by atoms with Gasteiger partial charge >= 0.3 is 6.09 Å². The van der Waals surface area contributed by atoms with Gasteiger partial charge in [-0.15, -0.1) is 0 Å². The lowest BCUT2D eigenvalue weighted by Gasteiger charge is -2.28. The number of carbonyl (C=O) groups is 3. The highest BCUT2D eigenvalue weighted by Crippen LogP contribution is 2.36. The molecule has 2 fully saturated rings. The zero-order chi connectivity index (χ0) is 41.4. The molecule has 340 valence electrons. The third kappa shape index (κ3) is 11.3. The maximum absolute atomic E-state index is 13.9. The Morgan fingerprint density at radius 2 is 1.39 bits per heavy atom. The second-order valence-corrected chi connectivity index (χ2v) is 14.9. The maximum Gasteiger partial charge on any atom is 0.407 e. The van der Waals surface area contributed by atoms with Gasteiger partial charge in [-0.1, -0.05) is 106 Å². The first kappa shape index (κ1) is 50.5. The lowest BCUT2D eigenvalue weighted by molar-refractivity contribution is -0.188. The van der Waals surface area contributed by atoms with Crippen molar-refractivity contribution in [3.8, 4) is 11.4 Å². The largest absolute Gasteiger partial charge is 0.453 e. The van der Waals surface area contributed by atoms with Crippen molar-refractivity contribution in [2.75, 3.05) is 27.3 Å². The molecule has 3 N–H and O–H groups in total. The van der Waals surface area contributed by atoms with Gasteiger partial charge in [0, 0.05) is 18.7 Å². The normalized spacial score (nSPS) is 16.5. The Labute approximate surface area is 388 Å². The van der Waals surface area contributed by atoms with Gasteiger partial charge in [-0.05, 0) is 72.9 Å². The molecule has 3 amide bonds. The molecule has 4 heterocycles. The van der Waals surface area contributed by atoms with E-state index < -0.39 is 18.2 Å². The SMILES string of the molecule is C.C.COOC=N[C@@H](C(=O)N1CCC[C@H]1c1nc2ccc(CCc3ccc(-c4n[nH]c([C@@H]5CCCN5C(=O)[C@H](NC(=O)OC)c5ccccc5)n4)cc3)cc2[nH]1)c1ccccc1.S.S. The summed E-state index contributed by atoms with van der Waals surface area (Å²) < 4.78 is 4.82. The molecule has 0 bridgehead atoms. The molecule has 4 atom stereocenters. The van der Waals surface area contributed by atoms with Crippen LogP contribution in [0.3, 0.4) is 0 Å². The number of carbonyl (C=O) groups excluding carboxylic acids is 3. The van der Waals surface area contributed by atoms with Crippen LogP contribution in [0.15, 0.2) is 108 Å². The van der Waals surface area contributed by atoms with Crippen molar-refractivity contribution in [3.63, 3.8) is 0 Å². The number of methoxy groups -OCH3 is 1. The van der Waals surface area contributed by atoms with Crippen molar-refractivity contribution in [2.24, 2.45) is 4.99 Å². The number of aryl methyl sites for hydroxylation is 2. The highest BCUT2D eigenvalue weighted by Gasteiger charge is 2.38. The number of alkyl carbamates (subject to hydrolysis) is 1. The molecule has 64 heavy (non-hydrogen) atoms. The molecule has 2 aliphatic rings. The lowest BCUT2D eigenvalue weighted by atomic mass is 10.0. The van der Waals surface area contributed by atoms with Crippen LogP contribution in [0.1, 0.15) is 98.6 Å². The maximum atomic E-state index is 13.9. The van der Waals surface area contributed by atoms with E-state index in [0.29, 0.717) is 30.3 Å². The van der Waals surface area contributed by atoms with Gasteiger partial charge in [0.25, 0.3) is 11.8 Å². The highest BCUT2D eigenvalue weighted by molar-refractivity contribution is 7.59. The second-order valence-electron chi connectivity index (χ2n) is 14.9. The van der Waals surface area contributed by atoms with Crippen molar-refractivity contribution in [3.05, 3.63) is 137 Å². The third-order valence-electron chi connectivity index (χ3n) is 11.2. The topological polar surface area (TPSA) is 180 Å². The lowest BCUT2D eigenvalue weighted by Crippen LogP contribution is -2.42. The minimum Gasteiger partial charge on any atom is -0.453 e. The van der Waals surface area contributed by atoms with Gasteiger partial charge in [0.15, 0.2) is 11.9 Å². The van der Waals surface area contributed by atoms with Gasteiger partial charge in [-0.25, -0.2) is 19.8 Å². The summed E-state index contributed by atoms with van der Waals surface area (Å²) in [5.41, 5.74) is 6.43. The summed E-state index contributed by atoms with van der Waals surface area (Å²) in [6.45, 7) is 1.15. The Balaban J connectivity index is 0.00000224. The molecule has 0 unspecified atom stereocenters. The monoisotopic (exact) mass is 909 g/mol. The number of hydrogen-bond donors (Lipinski definition) is 3. The molecule has 4 aromatic carbocycles. The van der Waals surface area contributed by atoms with E-state index in [0.717, 1.165) is 72.9 Å². The Morgan fingerprint density at radius 1 is 0.781 bits per heavy atom. The molecule has 0 saturated carbocycles. The van der Waals surface area contributed by atoms with Crippen LogP contribution >= 0.6 is 27.0 Å². The summed E-state index contributed by atoms with van der Waals surface area (Å²) in [6.07, 6.45) is 5.32. The number of fused-ring (bicyclic) bond motifs is 1. The van der Waals surface area contributed by atoms with Crippen LogP contribution in [0.4, 0.5) is 4.79 Å². The van der Waals surface area contributed by atoms with Gasteiger partial charge in [0.1, 0.15) is 17.7 Å². The number of hydrogen-bond acceptors (Lipinski definition) is 10. The summed E-state index contributed by atoms with van der Waals surface area (Å²) in [7, 11) is 2.66. The fourth-order valence-electron chi connectivity index (χ4n) is 8.17. The van der Waals surface area contributed by atoms with E-state index in [1.54, 1.807) is 4.90 Å². The summed E-state index contributed by atoms with van der Waals surface area (Å²) in [4.78, 5) is 70.8. The number of aromatic amines is 2. The molecular formula is C47H59N9O6S2. The number of rotatable bonds is 14. The van der Waals surface area contributed by atoms with Crippen molar-refractivity contribution in [2.45, 2.75) is 77.5 Å². The molecule has 15 nitrogen and oxygen atoms in total. The highest BCUT2D eigenvalue weighted by atomic mass is 32.1. The molecule has 2 aliphatic heterocycles. The van der Waals surface area contributed by atoms with Crippen LogP contribution in [-0.4, -0.2) is 86.6 Å². The van der Waals surface area contributed by atoms with E-state index in [4.69, 9.17) is 19.6 Å². The first-order valence-corrected chi connectivity index (χ1v) is 20.2. The van der Waals surface area contributed by atoms with E-state index in [2.05, 4.69) is 54.6 Å². The summed E-state index contributed by atoms with van der Waals surface area (Å²) in [5.74, 6) is 1.57. The number of likely N-dealkylation sites (tertiary alicyclic amines) is 2. The number of H-pyrrole nitrogens is 2. The average Bonchev–Trinajstić information content (AvgIpc) is 4.13. The first-order chi connectivity index (χ1) is 29.4. The molecule has 2 aromatic heterocycles. The molecule has 6 aromatic rings. The standard InChI is InChI=1S/C45H47N9O6.2CH4.2H2S/c1-58-45(57)49-39(32-13-7-4-8-14-32)44(56)54-26-10-16-37(54)42-50-40(51-52-42)33-22-19-29(20-23-33)17-18-30-21-24-34-35(27-30)48-41(47-34)36-15-9-25-53(36)43(55)38(46-28-60-59-2)31-11-5-3-6-12-31;;;;/h3-8,11-14,19-24,27-28,36-39H,9-10,15-18,25-26H2,1-2H3,(H,47,48)(H,49,57)(H,50,51,52);2*1H4;2*1H2/t36-,37-,38+,39+;;;;/m0..../s1. The molecule has 2 saturated heterocycles. The third-order valence-corrected chi connectivity index (χ3v) is 11.2. The smallest absolute Gasteiger partial charge is 0.407 e. The van der Waals surface area contributed by atoms with E-state index in [9.17, 15) is 14.4 Å². The van der Waals surface area contributed by atoms with Crippen molar-refractivity contribution >= 4 is 62.3 Å². The van der Waals surface area contributed by atoms with Gasteiger partial charge < -0.3 is 29.7 Å². The Morgan fingerprint density at radius 3 is 2.05 bits per heavy atom. The number of imidazole rings is 1. The Bertz CT molecular complexity index is 2450. The fraction of sp³-hybridized carbons (Fsp3) is 0.340. The van der Waals surface area contributed by atoms with Crippen molar-refractivity contribution < 1.29 is 28.9 Å². The first-order valence-electron chi connectivity index (χ1n) is 20.2. The van der Waals surface area contributed by atoms with Crippen molar-refractivity contribution in [1.82, 2.24) is 40.3 Å². The molecule has 0 spiro atoms. The summed E-state index contributed by atoms with van der Waals surface area (Å²) in [6, 6.07) is 30.9. The number of nitrogens with zero attached hydrogens (tertiary/aromatic N) is 6. The van der Waals surface area contributed by atoms with E-state index in [-0.39, 0.29) is 65.7 Å². The predicted molar refractivity (Wildman–Crippen MR) is 257 cm³/mol. The number of aliphatic imine (C=N–C) groups is 1. The van der Waals surface area contributed by atoms with Gasteiger partial charge in [0.05, 0.1) is 37.3 Å². The average molecular weight is 910 g/mol. The zero-order valence-electron chi connectivity index (χ0n) is 34.5. The molecular weight excluding hydrogens is 851 g/mol. The van der Waals surface area contributed by atoms with Gasteiger partial charge in [-0.2, -0.15) is 37.0 Å². The molecule has 0 radical (unpaired) electrons. The van der Waals surface area contributed by atoms with E-state index in [1.165, 1.54) is 25.3 Å². The van der Waals surface area contributed by atoms with Gasteiger partial charge in [0.2, 0.25) is 6.40 Å².